The molecule has 0 radical (unpaired) electrons. The number of fused-ring (bicyclic) bond motifs is 15. The zero-order valence-corrected chi connectivity index (χ0v) is 66.8. The van der Waals surface area contributed by atoms with Gasteiger partial charge >= 0.3 is 0 Å². The fourth-order valence-corrected chi connectivity index (χ4v) is 17.6. The molecule has 0 aliphatic rings. The molecule has 0 aliphatic carbocycles. The minimum Gasteiger partial charge on any atom is -0.456 e. The van der Waals surface area contributed by atoms with Crippen molar-refractivity contribution in [1.29, 1.82) is 0 Å². The third kappa shape index (κ3) is 13.3. The van der Waals surface area contributed by atoms with Gasteiger partial charge in [-0.1, -0.05) is 309 Å². The van der Waals surface area contributed by atoms with Gasteiger partial charge in [0, 0.05) is 105 Å². The summed E-state index contributed by atoms with van der Waals surface area (Å²) in [6, 6.07) is 147. The highest BCUT2D eigenvalue weighted by atomic mass is 16.3. The molecule has 0 saturated carbocycles. The van der Waals surface area contributed by atoms with Crippen molar-refractivity contribution >= 4 is 120 Å². The minimum absolute atomic E-state index is 0.730. The van der Waals surface area contributed by atoms with E-state index in [0.29, 0.717) is 0 Å². The van der Waals surface area contributed by atoms with Gasteiger partial charge < -0.3 is 17.8 Å². The molecule has 0 N–H and O–H groups in total. The second-order valence-corrected chi connectivity index (χ2v) is 31.1. The summed E-state index contributed by atoms with van der Waals surface area (Å²) < 4.78 is 21.0. The molecule has 0 bridgehead atoms. The van der Waals surface area contributed by atoms with Crippen molar-refractivity contribution in [3.05, 3.63) is 431 Å². The number of nitrogens with zero attached hydrogens (tertiary/aromatic N) is 7. The van der Waals surface area contributed by atoms with E-state index in [4.69, 9.17) is 43.2 Å². The molecule has 8 aromatic heterocycles. The second kappa shape index (κ2) is 30.8. The molecule has 0 amide bonds. The quantitative estimate of drug-likeness (QED) is 0.125. The van der Waals surface area contributed by atoms with Crippen LogP contribution in [0.15, 0.2) is 444 Å². The van der Waals surface area contributed by atoms with Crippen LogP contribution in [0, 0.1) is 0 Å². The maximum atomic E-state index is 6.28. The Morgan fingerprint density at radius 1 is 0.194 bits per heavy atom. The fraction of sp³-hybridized carbons (Fsp3) is 0. The molecule has 8 heterocycles. The number of benzene rings is 17. The van der Waals surface area contributed by atoms with Gasteiger partial charge in [-0.15, -0.1) is 0 Å². The number of hydrogen-bond donors (Lipinski definition) is 0. The van der Waals surface area contributed by atoms with E-state index in [1.54, 1.807) is 0 Å². The van der Waals surface area contributed by atoms with E-state index in [1.807, 2.05) is 115 Å². The van der Waals surface area contributed by atoms with Crippen molar-refractivity contribution < 1.29 is 13.3 Å². The number of furan rings is 3. The molecule has 0 fully saturated rings. The van der Waals surface area contributed by atoms with Crippen molar-refractivity contribution in [2.24, 2.45) is 0 Å². The minimum atomic E-state index is 0.730. The molecule has 0 saturated heterocycles. The molecular weight excluding hydrogens is 1520 g/mol. The standard InChI is InChI=1S/C38H23N3O.2C38H24N2O/c1-2-9-26(10-3-1)41-34-14-6-4-11-27(34)28-18-17-25(21-35(28)41)38-31-13-8-20-39-33(31)23-32(40-38)24-16-19-30-29-12-5-7-15-36(29)42-37(30)22-24;1-3-10-27(11-4-1)36-33-24-29(22-23-34(33)39-38(40-36)28-12-5-2-6-13-28)25-18-20-26(21-19-25)30-15-9-16-32-31-14-7-8-17-35(31)41-37(30)32;1-2-9-25(10-3-1)28-11-8-12-29(23-28)26-17-19-27(20-18-26)37-38(40-34-15-6-5-14-33(34)39-37)30-21-22-32-31-13-4-7-16-35(31)41-36(32)24-30/h1-23H;2*1-24H. The van der Waals surface area contributed by atoms with Gasteiger partial charge in [0.2, 0.25) is 0 Å². The SMILES string of the molecule is c1ccc(-c2cccc(-c3ccc(-c4nc5ccccc5nc4-c4ccc5c(c4)oc4ccccc45)cc3)c2)cc1.c1ccc(-c2nc(-c3ccccc3)c3cc(-c4ccc(-c5cccc6c5oc5ccccc56)cc4)ccc3n2)cc1.c1ccc(-n2c3ccccc3c3ccc(-c4nc(-c5ccc6c(c5)oc5ccccc56)cc5ncccc45)cc32)cc1. The molecule has 0 aliphatic heterocycles. The molecule has 124 heavy (non-hydrogen) atoms. The Kier molecular flexibility index (Phi) is 18.0. The van der Waals surface area contributed by atoms with Gasteiger partial charge in [0.1, 0.15) is 33.5 Å². The maximum Gasteiger partial charge on any atom is 0.160 e. The normalized spacial score (nSPS) is 11.5. The van der Waals surface area contributed by atoms with E-state index < -0.39 is 0 Å². The summed E-state index contributed by atoms with van der Waals surface area (Å²) in [5.41, 5.74) is 32.1. The van der Waals surface area contributed by atoms with Crippen LogP contribution in [0.25, 0.3) is 238 Å². The average molecular weight is 1590 g/mol. The molecule has 25 aromatic rings. The topological polar surface area (TPSA) is 122 Å². The summed E-state index contributed by atoms with van der Waals surface area (Å²) in [6.45, 7) is 0. The number of rotatable bonds is 11. The largest absolute Gasteiger partial charge is 0.456 e. The number of para-hydroxylation sites is 8. The number of pyridine rings is 2. The van der Waals surface area contributed by atoms with Crippen molar-refractivity contribution in [3.63, 3.8) is 0 Å². The highest BCUT2D eigenvalue weighted by Crippen LogP contribution is 2.44. The Morgan fingerprint density at radius 3 is 1.30 bits per heavy atom. The summed E-state index contributed by atoms with van der Waals surface area (Å²) in [7, 11) is 0. The van der Waals surface area contributed by atoms with Crippen LogP contribution in [0.5, 0.6) is 0 Å². The highest BCUT2D eigenvalue weighted by molar-refractivity contribution is 6.13. The van der Waals surface area contributed by atoms with E-state index >= 15 is 0 Å². The van der Waals surface area contributed by atoms with E-state index in [1.165, 1.54) is 33.0 Å². The Hall–Kier alpha value is -16.8. The van der Waals surface area contributed by atoms with Crippen LogP contribution in [0.4, 0.5) is 0 Å². The van der Waals surface area contributed by atoms with Gasteiger partial charge in [-0.05, 0) is 154 Å². The van der Waals surface area contributed by atoms with Crippen LogP contribution < -0.4 is 0 Å². The molecule has 10 nitrogen and oxygen atoms in total. The van der Waals surface area contributed by atoms with Crippen LogP contribution in [-0.4, -0.2) is 34.5 Å². The van der Waals surface area contributed by atoms with Gasteiger partial charge in [0.05, 0.1) is 61.6 Å². The van der Waals surface area contributed by atoms with Crippen molar-refractivity contribution in [2.45, 2.75) is 0 Å². The third-order valence-corrected chi connectivity index (χ3v) is 23.6. The smallest absolute Gasteiger partial charge is 0.160 e. The van der Waals surface area contributed by atoms with E-state index in [0.717, 1.165) is 205 Å². The summed E-state index contributed by atoms with van der Waals surface area (Å²) in [5.74, 6) is 0.730. The lowest BCUT2D eigenvalue weighted by atomic mass is 9.97. The second-order valence-electron chi connectivity index (χ2n) is 31.1. The van der Waals surface area contributed by atoms with E-state index in [2.05, 4.69) is 320 Å². The van der Waals surface area contributed by atoms with Crippen molar-refractivity contribution in [3.8, 4) is 118 Å². The average Bonchev–Trinajstić information content (AvgIpc) is 1.59. The summed E-state index contributed by atoms with van der Waals surface area (Å²) in [5, 5.41) is 11.2. The van der Waals surface area contributed by atoms with Crippen molar-refractivity contribution in [2.75, 3.05) is 0 Å². The van der Waals surface area contributed by atoms with Crippen LogP contribution in [-0.2, 0) is 0 Å². The molecule has 580 valence electrons. The Morgan fingerprint density at radius 2 is 0.629 bits per heavy atom. The Bertz CT molecular complexity index is 8410. The van der Waals surface area contributed by atoms with Crippen molar-refractivity contribution in [1.82, 2.24) is 34.5 Å². The first-order valence-corrected chi connectivity index (χ1v) is 41.6. The van der Waals surface area contributed by atoms with Crippen LogP contribution in [0.2, 0.25) is 0 Å². The molecule has 0 spiro atoms. The van der Waals surface area contributed by atoms with E-state index in [9.17, 15) is 0 Å². The van der Waals surface area contributed by atoms with Gasteiger partial charge in [-0.3, -0.25) is 4.98 Å². The third-order valence-electron chi connectivity index (χ3n) is 23.6. The first-order valence-electron chi connectivity index (χ1n) is 41.6. The number of hydrogen-bond acceptors (Lipinski definition) is 9. The van der Waals surface area contributed by atoms with Crippen LogP contribution in [0.3, 0.4) is 0 Å². The predicted molar refractivity (Wildman–Crippen MR) is 509 cm³/mol. The van der Waals surface area contributed by atoms with Gasteiger partial charge in [0.25, 0.3) is 0 Å². The first-order chi connectivity index (χ1) is 61.4. The number of aromatic nitrogens is 7. The lowest BCUT2D eigenvalue weighted by Crippen LogP contribution is -1.95. The molecule has 0 unspecified atom stereocenters. The van der Waals surface area contributed by atoms with E-state index in [-0.39, 0.29) is 0 Å². The zero-order chi connectivity index (χ0) is 82.0. The Balaban J connectivity index is 0.000000107. The highest BCUT2D eigenvalue weighted by Gasteiger charge is 2.22. The first kappa shape index (κ1) is 72.4. The summed E-state index contributed by atoms with van der Waals surface area (Å²) in [6.07, 6.45) is 1.84. The van der Waals surface area contributed by atoms with Gasteiger partial charge in [-0.25, -0.2) is 24.9 Å². The summed E-state index contributed by atoms with van der Waals surface area (Å²) in [4.78, 5) is 30.2. The van der Waals surface area contributed by atoms with Crippen LogP contribution in [0.1, 0.15) is 0 Å². The maximum absolute atomic E-state index is 6.28. The van der Waals surface area contributed by atoms with Gasteiger partial charge in [0.15, 0.2) is 5.82 Å². The summed E-state index contributed by atoms with van der Waals surface area (Å²) >= 11 is 0. The van der Waals surface area contributed by atoms with Gasteiger partial charge in [-0.2, -0.15) is 0 Å². The monoisotopic (exact) mass is 1590 g/mol. The predicted octanol–water partition coefficient (Wildman–Crippen LogP) is 30.4. The Labute approximate surface area is 712 Å². The molecular formula is C114H71N7O3. The lowest BCUT2D eigenvalue weighted by Gasteiger charge is -2.12. The molecule has 17 aromatic carbocycles. The fourth-order valence-electron chi connectivity index (χ4n) is 17.6. The molecule has 25 rings (SSSR count). The molecule has 0 atom stereocenters. The molecule has 10 heteroatoms. The lowest BCUT2D eigenvalue weighted by molar-refractivity contribution is 0.668. The zero-order valence-electron chi connectivity index (χ0n) is 66.8. The van der Waals surface area contributed by atoms with Crippen LogP contribution >= 0.6 is 0 Å².